The number of nitro benzene ring substituents is 1. The molecule has 7 nitrogen and oxygen atoms in total. The summed E-state index contributed by atoms with van der Waals surface area (Å²) in [6, 6.07) is 11.1. The summed E-state index contributed by atoms with van der Waals surface area (Å²) in [4.78, 5) is 22.4. The van der Waals surface area contributed by atoms with Crippen molar-refractivity contribution in [3.63, 3.8) is 0 Å². The summed E-state index contributed by atoms with van der Waals surface area (Å²) in [5.41, 5.74) is 1.67. The third-order valence-corrected chi connectivity index (χ3v) is 3.33. The third-order valence-electron chi connectivity index (χ3n) is 3.33. The quantitative estimate of drug-likeness (QED) is 0.350. The number of non-ortho nitro benzene ring substituents is 1. The lowest BCUT2D eigenvalue weighted by atomic mass is 10.1. The molecule has 0 aliphatic heterocycles. The van der Waals surface area contributed by atoms with Crippen LogP contribution in [0.5, 0.6) is 5.75 Å². The highest BCUT2D eigenvalue weighted by Crippen LogP contribution is 2.26. The van der Waals surface area contributed by atoms with Gasteiger partial charge in [-0.2, -0.15) is 0 Å². The van der Waals surface area contributed by atoms with Gasteiger partial charge in [0, 0.05) is 37.0 Å². The lowest BCUT2D eigenvalue weighted by molar-refractivity contribution is -0.384. The van der Waals surface area contributed by atoms with E-state index in [2.05, 4.69) is 10.6 Å². The topological polar surface area (TPSA) is 93.5 Å². The lowest BCUT2D eigenvalue weighted by Crippen LogP contribution is -2.00. The minimum atomic E-state index is -0.475. The minimum absolute atomic E-state index is 0.0358. The zero-order valence-electron chi connectivity index (χ0n) is 13.3. The largest absolute Gasteiger partial charge is 0.497 e. The first kappa shape index (κ1) is 17.0. The number of hydrogen-bond acceptors (Lipinski definition) is 6. The van der Waals surface area contributed by atoms with Gasteiger partial charge in [-0.1, -0.05) is 0 Å². The number of methoxy groups -OCH3 is 1. The summed E-state index contributed by atoms with van der Waals surface area (Å²) in [5.74, 6) is 0.477. The monoisotopic (exact) mass is 327 g/mol. The van der Waals surface area contributed by atoms with Crippen LogP contribution in [0, 0.1) is 10.1 Å². The summed E-state index contributed by atoms with van der Waals surface area (Å²) >= 11 is 0. The fourth-order valence-corrected chi connectivity index (χ4v) is 2.04. The van der Waals surface area contributed by atoms with Crippen molar-refractivity contribution in [3.05, 3.63) is 70.4 Å². The van der Waals surface area contributed by atoms with Gasteiger partial charge in [0.2, 0.25) is 0 Å². The SMILES string of the molecule is CNc1ccc([N+](=O)[O-])cc1NC=CC(=O)c1ccc(OC)cc1. The number of nitrogens with one attached hydrogen (secondary N) is 2. The van der Waals surface area contributed by atoms with E-state index in [1.807, 2.05) is 0 Å². The number of anilines is 2. The molecule has 0 heterocycles. The normalized spacial score (nSPS) is 10.4. The van der Waals surface area contributed by atoms with Gasteiger partial charge in [-0.05, 0) is 30.3 Å². The van der Waals surface area contributed by atoms with Gasteiger partial charge in [0.1, 0.15) is 5.75 Å². The summed E-state index contributed by atoms with van der Waals surface area (Å²) in [5, 5.41) is 16.7. The number of nitro groups is 1. The zero-order chi connectivity index (χ0) is 17.5. The summed E-state index contributed by atoms with van der Waals surface area (Å²) in [6.45, 7) is 0. The van der Waals surface area contributed by atoms with Crippen molar-refractivity contribution in [1.29, 1.82) is 0 Å². The van der Waals surface area contributed by atoms with Crippen molar-refractivity contribution >= 4 is 22.8 Å². The molecule has 0 amide bonds. The fraction of sp³-hybridized carbons (Fsp3) is 0.118. The molecular formula is C17H17N3O4. The molecule has 0 aliphatic rings. The van der Waals surface area contributed by atoms with Crippen molar-refractivity contribution in [3.8, 4) is 5.75 Å². The van der Waals surface area contributed by atoms with Crippen molar-refractivity contribution < 1.29 is 14.5 Å². The molecular weight excluding hydrogens is 310 g/mol. The number of nitrogens with zero attached hydrogens (tertiary/aromatic N) is 1. The van der Waals surface area contributed by atoms with E-state index in [4.69, 9.17) is 4.74 Å². The van der Waals surface area contributed by atoms with Crippen LogP contribution >= 0.6 is 0 Å². The van der Waals surface area contributed by atoms with Gasteiger partial charge in [-0.3, -0.25) is 14.9 Å². The Morgan fingerprint density at radius 2 is 1.88 bits per heavy atom. The molecule has 2 aromatic rings. The Kier molecular flexibility index (Phi) is 5.51. The molecule has 0 aromatic heterocycles. The lowest BCUT2D eigenvalue weighted by Gasteiger charge is -2.08. The second-order valence-electron chi connectivity index (χ2n) is 4.81. The molecule has 0 fully saturated rings. The number of carbonyl (C=O) groups is 1. The maximum Gasteiger partial charge on any atom is 0.271 e. The second-order valence-corrected chi connectivity index (χ2v) is 4.81. The Labute approximate surface area is 139 Å². The number of rotatable bonds is 7. The third kappa shape index (κ3) is 4.10. The summed E-state index contributed by atoms with van der Waals surface area (Å²) < 4.78 is 5.04. The van der Waals surface area contributed by atoms with Gasteiger partial charge in [0.15, 0.2) is 5.78 Å². The van der Waals surface area contributed by atoms with Gasteiger partial charge >= 0.3 is 0 Å². The first-order valence-corrected chi connectivity index (χ1v) is 7.13. The van der Waals surface area contributed by atoms with Gasteiger partial charge < -0.3 is 15.4 Å². The van der Waals surface area contributed by atoms with E-state index in [-0.39, 0.29) is 11.5 Å². The molecule has 0 atom stereocenters. The molecule has 2 rings (SSSR count). The molecule has 0 radical (unpaired) electrons. The molecule has 124 valence electrons. The van der Waals surface area contributed by atoms with Crippen LogP contribution in [0.3, 0.4) is 0 Å². The first-order valence-electron chi connectivity index (χ1n) is 7.13. The van der Waals surface area contributed by atoms with Crippen LogP contribution in [0.25, 0.3) is 0 Å². The number of allylic oxidation sites excluding steroid dienone is 1. The molecule has 24 heavy (non-hydrogen) atoms. The number of benzene rings is 2. The average Bonchev–Trinajstić information content (AvgIpc) is 2.61. The maximum absolute atomic E-state index is 12.1. The Morgan fingerprint density at radius 3 is 2.46 bits per heavy atom. The number of carbonyl (C=O) groups excluding carboxylic acids is 1. The Bertz CT molecular complexity index is 770. The second kappa shape index (κ2) is 7.77. The van der Waals surface area contributed by atoms with E-state index >= 15 is 0 Å². The highest BCUT2D eigenvalue weighted by atomic mass is 16.6. The molecule has 0 saturated heterocycles. The number of hydrogen-bond donors (Lipinski definition) is 2. The Morgan fingerprint density at radius 1 is 1.17 bits per heavy atom. The van der Waals surface area contributed by atoms with Crippen LogP contribution in [-0.4, -0.2) is 24.9 Å². The molecule has 0 bridgehead atoms. The fourth-order valence-electron chi connectivity index (χ4n) is 2.04. The van der Waals surface area contributed by atoms with Crippen LogP contribution in [0.1, 0.15) is 10.4 Å². The molecule has 2 aromatic carbocycles. The van der Waals surface area contributed by atoms with Crippen LogP contribution in [0.15, 0.2) is 54.7 Å². The van der Waals surface area contributed by atoms with Gasteiger partial charge in [0.25, 0.3) is 5.69 Å². The molecule has 2 N–H and O–H groups in total. The molecule has 0 unspecified atom stereocenters. The van der Waals surface area contributed by atoms with Gasteiger partial charge in [-0.15, -0.1) is 0 Å². The first-order chi connectivity index (χ1) is 11.5. The maximum atomic E-state index is 12.1. The number of ketones is 1. The van der Waals surface area contributed by atoms with Crippen LogP contribution < -0.4 is 15.4 Å². The van der Waals surface area contributed by atoms with Crippen LogP contribution in [0.2, 0.25) is 0 Å². The van der Waals surface area contributed by atoms with E-state index in [1.165, 1.54) is 24.4 Å². The van der Waals surface area contributed by atoms with E-state index < -0.39 is 4.92 Å². The van der Waals surface area contributed by atoms with E-state index in [1.54, 1.807) is 44.5 Å². The van der Waals surface area contributed by atoms with Crippen molar-refractivity contribution in [2.24, 2.45) is 0 Å². The van der Waals surface area contributed by atoms with Crippen molar-refractivity contribution in [2.75, 3.05) is 24.8 Å². The standard InChI is InChI=1S/C17H17N3O4/c1-18-15-8-5-13(20(22)23)11-16(15)19-10-9-17(21)12-3-6-14(24-2)7-4-12/h3-11,18-19H,1-2H3. The summed E-state index contributed by atoms with van der Waals surface area (Å²) in [6.07, 6.45) is 2.81. The van der Waals surface area contributed by atoms with Crippen molar-refractivity contribution in [2.45, 2.75) is 0 Å². The molecule has 7 heteroatoms. The summed E-state index contributed by atoms with van der Waals surface area (Å²) in [7, 11) is 3.26. The van der Waals surface area contributed by atoms with E-state index in [0.29, 0.717) is 22.7 Å². The highest BCUT2D eigenvalue weighted by molar-refractivity contribution is 6.04. The molecule has 0 saturated carbocycles. The number of ether oxygens (including phenoxy) is 1. The highest BCUT2D eigenvalue weighted by Gasteiger charge is 2.09. The predicted octanol–water partition coefficient (Wildman–Crippen LogP) is 3.45. The smallest absolute Gasteiger partial charge is 0.271 e. The van der Waals surface area contributed by atoms with Crippen molar-refractivity contribution in [1.82, 2.24) is 0 Å². The van der Waals surface area contributed by atoms with Gasteiger partial charge in [-0.25, -0.2) is 0 Å². The van der Waals surface area contributed by atoms with Crippen LogP contribution in [0.4, 0.5) is 17.1 Å². The van der Waals surface area contributed by atoms with Crippen LogP contribution in [-0.2, 0) is 0 Å². The van der Waals surface area contributed by atoms with Gasteiger partial charge in [0.05, 0.1) is 23.4 Å². The molecule has 0 aliphatic carbocycles. The molecule has 0 spiro atoms. The Balaban J connectivity index is 2.11. The predicted molar refractivity (Wildman–Crippen MR) is 92.7 cm³/mol. The van der Waals surface area contributed by atoms with E-state index in [9.17, 15) is 14.9 Å². The Hall–Kier alpha value is -3.35. The zero-order valence-corrected chi connectivity index (χ0v) is 13.3. The van der Waals surface area contributed by atoms with E-state index in [0.717, 1.165) is 0 Å². The minimum Gasteiger partial charge on any atom is -0.497 e. The average molecular weight is 327 g/mol.